The van der Waals surface area contributed by atoms with Crippen molar-refractivity contribution < 1.29 is 14.7 Å². The summed E-state index contributed by atoms with van der Waals surface area (Å²) in [6.07, 6.45) is -0.393. The van der Waals surface area contributed by atoms with Crippen molar-refractivity contribution in [2.24, 2.45) is 0 Å². The predicted molar refractivity (Wildman–Crippen MR) is 63.7 cm³/mol. The molecular weight excluding hydrogens is 220 g/mol. The number of amides is 1. The first-order valence-corrected chi connectivity index (χ1v) is 5.41. The quantitative estimate of drug-likeness (QED) is 0.791. The van der Waals surface area contributed by atoms with Crippen LogP contribution in [0.2, 0.25) is 0 Å². The number of benzene rings is 1. The summed E-state index contributed by atoms with van der Waals surface area (Å²) in [5, 5.41) is 9.97. The third-order valence-electron chi connectivity index (χ3n) is 2.28. The molecule has 94 valence electrons. The summed E-state index contributed by atoms with van der Waals surface area (Å²) in [6, 6.07) is 9.50. The number of carbonyl (C=O) groups is 1. The molecule has 0 aromatic heterocycles. The van der Waals surface area contributed by atoms with E-state index in [1.165, 1.54) is 11.9 Å². The monoisotopic (exact) mass is 238 g/mol. The van der Waals surface area contributed by atoms with Gasteiger partial charge >= 0.3 is 6.09 Å². The molecule has 0 unspecified atom stereocenters. The lowest BCUT2D eigenvalue weighted by molar-refractivity contribution is -0.0677. The molecule has 0 atom stereocenters. The van der Waals surface area contributed by atoms with Crippen LogP contribution in [0, 0.1) is 0 Å². The third-order valence-corrected chi connectivity index (χ3v) is 2.28. The molecule has 1 aromatic rings. The topological polar surface area (TPSA) is 53.0 Å². The second kappa shape index (κ2) is 6.88. The van der Waals surface area contributed by atoms with Crippen molar-refractivity contribution in [2.45, 2.75) is 6.61 Å². The minimum Gasteiger partial charge on any atom is -0.445 e. The average molecular weight is 238 g/mol. The molecule has 1 amide bonds. The van der Waals surface area contributed by atoms with Gasteiger partial charge in [0.1, 0.15) is 6.61 Å². The first kappa shape index (κ1) is 13.5. The molecule has 0 saturated carbocycles. The van der Waals surface area contributed by atoms with E-state index in [-0.39, 0.29) is 6.61 Å². The van der Waals surface area contributed by atoms with E-state index in [2.05, 4.69) is 0 Å². The van der Waals surface area contributed by atoms with Gasteiger partial charge < -0.3 is 14.8 Å². The maximum Gasteiger partial charge on any atom is 0.409 e. The molecule has 0 aliphatic rings. The predicted octanol–water partition coefficient (Wildman–Crippen LogP) is 1.58. The molecule has 0 aliphatic carbocycles. The Morgan fingerprint density at radius 1 is 1.24 bits per heavy atom. The summed E-state index contributed by atoms with van der Waals surface area (Å²) >= 11 is 0. The molecule has 0 fully saturated rings. The van der Waals surface area contributed by atoms with Gasteiger partial charge in [-0.2, -0.15) is 5.06 Å². The number of hydroxylamine groups is 2. The van der Waals surface area contributed by atoms with E-state index in [9.17, 15) is 4.79 Å². The smallest absolute Gasteiger partial charge is 0.409 e. The fourth-order valence-corrected chi connectivity index (χ4v) is 1.22. The van der Waals surface area contributed by atoms with Crippen LogP contribution in [0.5, 0.6) is 0 Å². The van der Waals surface area contributed by atoms with E-state index in [1.807, 2.05) is 30.3 Å². The molecule has 0 aliphatic heterocycles. The van der Waals surface area contributed by atoms with E-state index < -0.39 is 6.09 Å². The van der Waals surface area contributed by atoms with Gasteiger partial charge in [-0.25, -0.2) is 4.79 Å². The number of rotatable bonds is 5. The molecule has 5 heteroatoms. The first-order chi connectivity index (χ1) is 8.09. The number of hydrogen-bond donors (Lipinski definition) is 1. The Bertz CT molecular complexity index is 341. The lowest BCUT2D eigenvalue weighted by atomic mass is 10.2. The van der Waals surface area contributed by atoms with Crippen LogP contribution >= 0.6 is 0 Å². The largest absolute Gasteiger partial charge is 0.445 e. The van der Waals surface area contributed by atoms with Gasteiger partial charge in [-0.05, 0) is 5.56 Å². The van der Waals surface area contributed by atoms with Crippen LogP contribution in [0.4, 0.5) is 4.79 Å². The number of ether oxygens (including phenoxy) is 1. The summed E-state index contributed by atoms with van der Waals surface area (Å²) in [5.74, 6) is 0. The zero-order valence-corrected chi connectivity index (χ0v) is 10.2. The zero-order valence-electron chi connectivity index (χ0n) is 10.2. The molecule has 0 saturated heterocycles. The normalized spacial score (nSPS) is 10.4. The number of nitrogens with zero attached hydrogens (tertiary/aromatic N) is 2. The number of carbonyl (C=O) groups excluding carboxylic acids is 1. The van der Waals surface area contributed by atoms with E-state index in [0.29, 0.717) is 13.1 Å². The second-order valence-corrected chi connectivity index (χ2v) is 3.84. The van der Waals surface area contributed by atoms with Crippen molar-refractivity contribution in [1.82, 2.24) is 9.96 Å². The summed E-state index contributed by atoms with van der Waals surface area (Å²) in [4.78, 5) is 13.0. The highest BCUT2D eigenvalue weighted by Crippen LogP contribution is 2.02. The van der Waals surface area contributed by atoms with Gasteiger partial charge in [0.25, 0.3) is 0 Å². The van der Waals surface area contributed by atoms with Crippen LogP contribution in [0.1, 0.15) is 5.56 Å². The van der Waals surface area contributed by atoms with E-state index in [1.54, 1.807) is 7.05 Å². The molecule has 17 heavy (non-hydrogen) atoms. The fraction of sp³-hybridized carbons (Fsp3) is 0.417. The molecule has 0 radical (unpaired) electrons. The number of hydrogen-bond acceptors (Lipinski definition) is 4. The van der Waals surface area contributed by atoms with Crippen molar-refractivity contribution in [1.29, 1.82) is 0 Å². The third kappa shape index (κ3) is 5.33. The summed E-state index contributed by atoms with van der Waals surface area (Å²) < 4.78 is 5.11. The van der Waals surface area contributed by atoms with E-state index in [0.717, 1.165) is 10.6 Å². The molecule has 0 spiro atoms. The summed E-state index contributed by atoms with van der Waals surface area (Å²) in [5.41, 5.74) is 0.952. The van der Waals surface area contributed by atoms with Crippen LogP contribution in [0.25, 0.3) is 0 Å². The molecule has 1 rings (SSSR count). The van der Waals surface area contributed by atoms with Crippen molar-refractivity contribution in [2.75, 3.05) is 27.2 Å². The van der Waals surface area contributed by atoms with E-state index >= 15 is 0 Å². The van der Waals surface area contributed by atoms with E-state index in [4.69, 9.17) is 9.94 Å². The molecule has 5 nitrogen and oxygen atoms in total. The summed E-state index contributed by atoms with van der Waals surface area (Å²) in [7, 11) is 3.17. The fourth-order valence-electron chi connectivity index (χ4n) is 1.22. The minimum absolute atomic E-state index is 0.263. The van der Waals surface area contributed by atoms with Gasteiger partial charge in [-0.3, -0.25) is 0 Å². The Morgan fingerprint density at radius 3 is 2.47 bits per heavy atom. The molecule has 0 bridgehead atoms. The van der Waals surface area contributed by atoms with Gasteiger partial charge in [-0.1, -0.05) is 30.3 Å². The highest BCUT2D eigenvalue weighted by atomic mass is 16.6. The lowest BCUT2D eigenvalue weighted by Crippen LogP contribution is -2.34. The Hall–Kier alpha value is -1.59. The van der Waals surface area contributed by atoms with Crippen molar-refractivity contribution in [3.05, 3.63) is 35.9 Å². The van der Waals surface area contributed by atoms with Crippen LogP contribution in [-0.2, 0) is 11.3 Å². The Balaban J connectivity index is 2.29. The lowest BCUT2D eigenvalue weighted by Gasteiger charge is -2.18. The average Bonchev–Trinajstić information content (AvgIpc) is 2.34. The maximum absolute atomic E-state index is 11.5. The number of likely N-dealkylation sites (N-methyl/N-ethyl adjacent to an activating group) is 2. The Labute approximate surface area is 101 Å². The van der Waals surface area contributed by atoms with Gasteiger partial charge in [0, 0.05) is 27.2 Å². The van der Waals surface area contributed by atoms with Gasteiger partial charge in [-0.15, -0.1) is 0 Å². The molecular formula is C12H18N2O3. The first-order valence-electron chi connectivity index (χ1n) is 5.41. The standard InChI is InChI=1S/C12H18N2O3/c1-13(8-9-14(2)16)12(15)17-10-11-6-4-3-5-7-11/h3-7,16H,8-10H2,1-2H3. The highest BCUT2D eigenvalue weighted by Gasteiger charge is 2.10. The Kier molecular flexibility index (Phi) is 5.45. The van der Waals surface area contributed by atoms with Crippen molar-refractivity contribution in [3.63, 3.8) is 0 Å². The molecule has 1 N–H and O–H groups in total. The molecule has 0 heterocycles. The van der Waals surface area contributed by atoms with Crippen molar-refractivity contribution in [3.8, 4) is 0 Å². The van der Waals surface area contributed by atoms with Crippen LogP contribution in [-0.4, -0.2) is 48.4 Å². The van der Waals surface area contributed by atoms with Crippen LogP contribution < -0.4 is 0 Å². The second-order valence-electron chi connectivity index (χ2n) is 3.84. The highest BCUT2D eigenvalue weighted by molar-refractivity contribution is 5.67. The van der Waals surface area contributed by atoms with Gasteiger partial charge in [0.05, 0.1) is 0 Å². The van der Waals surface area contributed by atoms with Gasteiger partial charge in [0.2, 0.25) is 0 Å². The summed E-state index contributed by atoms with van der Waals surface area (Å²) in [6.45, 7) is 1.07. The minimum atomic E-state index is -0.393. The van der Waals surface area contributed by atoms with Crippen LogP contribution in [0.3, 0.4) is 0 Å². The SMILES string of the molecule is CN(O)CCN(C)C(=O)OCc1ccccc1. The van der Waals surface area contributed by atoms with Gasteiger partial charge in [0.15, 0.2) is 0 Å². The van der Waals surface area contributed by atoms with Crippen molar-refractivity contribution >= 4 is 6.09 Å². The zero-order chi connectivity index (χ0) is 12.7. The Morgan fingerprint density at radius 2 is 1.88 bits per heavy atom. The maximum atomic E-state index is 11.5. The van der Waals surface area contributed by atoms with Crippen LogP contribution in [0.15, 0.2) is 30.3 Å². The molecule has 1 aromatic carbocycles.